The Balaban J connectivity index is 1.48. The van der Waals surface area contributed by atoms with E-state index in [2.05, 4.69) is 38.0 Å². The van der Waals surface area contributed by atoms with Crippen LogP contribution >= 0.6 is 0 Å². The van der Waals surface area contributed by atoms with Crippen LogP contribution in [0.3, 0.4) is 0 Å². The first-order valence-corrected chi connectivity index (χ1v) is 11.3. The third-order valence-electron chi connectivity index (χ3n) is 5.74. The maximum absolute atomic E-state index is 12.1. The standard InChI is InChI=1S/C25H35N5O2/c1-26-25(27-15-14-24(31)28-18-20-10-4-3-5-11-20)29-19-22(30-16-8-9-17-30)21-12-6-7-13-23(21)32-2/h3-7,10-13,22H,8-9,14-19H2,1-2H3,(H,28,31)(H2,26,27,29). The molecule has 3 rings (SSSR count). The number of ether oxygens (including phenoxy) is 1. The number of guanidine groups is 1. The lowest BCUT2D eigenvalue weighted by Crippen LogP contribution is -2.43. The quantitative estimate of drug-likeness (QED) is 0.394. The molecular formula is C25H35N5O2. The molecule has 0 aliphatic carbocycles. The summed E-state index contributed by atoms with van der Waals surface area (Å²) in [5.74, 6) is 1.62. The number of rotatable bonds is 10. The Hall–Kier alpha value is -3.06. The van der Waals surface area contributed by atoms with Crippen molar-refractivity contribution in [3.63, 3.8) is 0 Å². The summed E-state index contributed by atoms with van der Waals surface area (Å²) in [4.78, 5) is 19.0. The lowest BCUT2D eigenvalue weighted by Gasteiger charge is -2.30. The van der Waals surface area contributed by atoms with Crippen molar-refractivity contribution in [1.29, 1.82) is 0 Å². The lowest BCUT2D eigenvalue weighted by atomic mass is 10.0. The fourth-order valence-electron chi connectivity index (χ4n) is 4.02. The third-order valence-corrected chi connectivity index (χ3v) is 5.74. The molecule has 32 heavy (non-hydrogen) atoms. The minimum absolute atomic E-state index is 0.0146. The van der Waals surface area contributed by atoms with Crippen molar-refractivity contribution in [2.75, 3.05) is 40.3 Å². The van der Waals surface area contributed by atoms with Gasteiger partial charge in [-0.3, -0.25) is 14.7 Å². The summed E-state index contributed by atoms with van der Waals surface area (Å²) in [6.45, 7) is 3.93. The van der Waals surface area contributed by atoms with Crippen molar-refractivity contribution in [3.05, 3.63) is 65.7 Å². The zero-order valence-electron chi connectivity index (χ0n) is 19.1. The largest absolute Gasteiger partial charge is 0.496 e. The van der Waals surface area contributed by atoms with Crippen molar-refractivity contribution in [3.8, 4) is 5.75 Å². The smallest absolute Gasteiger partial charge is 0.222 e. The molecule has 7 heteroatoms. The molecule has 7 nitrogen and oxygen atoms in total. The van der Waals surface area contributed by atoms with Crippen LogP contribution in [0, 0.1) is 0 Å². The number of likely N-dealkylation sites (tertiary alicyclic amines) is 1. The molecule has 2 aromatic carbocycles. The monoisotopic (exact) mass is 437 g/mol. The number of carbonyl (C=O) groups excluding carboxylic acids is 1. The Morgan fingerprint density at radius 2 is 1.75 bits per heavy atom. The zero-order valence-corrected chi connectivity index (χ0v) is 19.1. The maximum Gasteiger partial charge on any atom is 0.222 e. The molecule has 0 bridgehead atoms. The van der Waals surface area contributed by atoms with Gasteiger partial charge < -0.3 is 20.7 Å². The van der Waals surface area contributed by atoms with Gasteiger partial charge in [0.25, 0.3) is 0 Å². The number of carbonyl (C=O) groups is 1. The predicted octanol–water partition coefficient (Wildman–Crippen LogP) is 2.70. The molecule has 1 heterocycles. The number of nitrogens with one attached hydrogen (secondary N) is 3. The Kier molecular flexibility index (Phi) is 9.37. The summed E-state index contributed by atoms with van der Waals surface area (Å²) < 4.78 is 5.62. The highest BCUT2D eigenvalue weighted by Gasteiger charge is 2.26. The summed E-state index contributed by atoms with van der Waals surface area (Å²) in [6, 6.07) is 18.3. The molecular weight excluding hydrogens is 402 g/mol. The number of aliphatic imine (C=N–C) groups is 1. The van der Waals surface area contributed by atoms with E-state index in [1.165, 1.54) is 18.4 Å². The van der Waals surface area contributed by atoms with E-state index in [1.807, 2.05) is 42.5 Å². The number of nitrogens with zero attached hydrogens (tertiary/aromatic N) is 2. The highest BCUT2D eigenvalue weighted by molar-refractivity contribution is 5.81. The van der Waals surface area contributed by atoms with Crippen LogP contribution in [0.5, 0.6) is 5.75 Å². The fraction of sp³-hybridized carbons (Fsp3) is 0.440. The highest BCUT2D eigenvalue weighted by Crippen LogP contribution is 2.31. The number of benzene rings is 2. The van der Waals surface area contributed by atoms with Gasteiger partial charge in [0.15, 0.2) is 5.96 Å². The molecule has 1 amide bonds. The van der Waals surface area contributed by atoms with Crippen molar-refractivity contribution >= 4 is 11.9 Å². The lowest BCUT2D eigenvalue weighted by molar-refractivity contribution is -0.121. The second-order valence-corrected chi connectivity index (χ2v) is 7.89. The Bertz CT molecular complexity index is 866. The molecule has 1 fully saturated rings. The van der Waals surface area contributed by atoms with Crippen LogP contribution in [0.25, 0.3) is 0 Å². The summed E-state index contributed by atoms with van der Waals surface area (Å²) in [6.07, 6.45) is 2.82. The molecule has 172 valence electrons. The van der Waals surface area contributed by atoms with Crippen LogP contribution in [0.2, 0.25) is 0 Å². The topological polar surface area (TPSA) is 78.0 Å². The normalized spacial score (nSPS) is 15.2. The van der Waals surface area contributed by atoms with Gasteiger partial charge in [0, 0.05) is 38.7 Å². The number of amides is 1. The van der Waals surface area contributed by atoms with Gasteiger partial charge in [0.05, 0.1) is 13.2 Å². The van der Waals surface area contributed by atoms with Gasteiger partial charge in [-0.15, -0.1) is 0 Å². The molecule has 0 spiro atoms. The van der Waals surface area contributed by atoms with Crippen molar-refractivity contribution < 1.29 is 9.53 Å². The SMILES string of the molecule is CN=C(NCCC(=O)NCc1ccccc1)NCC(c1ccccc1OC)N1CCCC1. The number of hydrogen-bond donors (Lipinski definition) is 3. The Labute approximate surface area is 191 Å². The predicted molar refractivity (Wildman–Crippen MR) is 129 cm³/mol. The van der Waals surface area contributed by atoms with Gasteiger partial charge in [0.2, 0.25) is 5.91 Å². The van der Waals surface area contributed by atoms with E-state index in [1.54, 1.807) is 14.2 Å². The van der Waals surface area contributed by atoms with Crippen LogP contribution in [-0.4, -0.2) is 57.1 Å². The molecule has 1 atom stereocenters. The van der Waals surface area contributed by atoms with E-state index >= 15 is 0 Å². The Morgan fingerprint density at radius 1 is 1.03 bits per heavy atom. The van der Waals surface area contributed by atoms with Crippen molar-refractivity contribution in [2.24, 2.45) is 4.99 Å². The minimum atomic E-state index is 0.0146. The molecule has 0 aromatic heterocycles. The third kappa shape index (κ3) is 6.99. The molecule has 1 aliphatic heterocycles. The van der Waals surface area contributed by atoms with Gasteiger partial charge in [0.1, 0.15) is 5.75 Å². The van der Waals surface area contributed by atoms with E-state index in [-0.39, 0.29) is 11.9 Å². The molecule has 3 N–H and O–H groups in total. The molecule has 1 unspecified atom stereocenters. The first-order valence-electron chi connectivity index (χ1n) is 11.3. The molecule has 0 radical (unpaired) electrons. The summed E-state index contributed by atoms with van der Waals surface area (Å²) in [7, 11) is 3.47. The average molecular weight is 438 g/mol. The number of para-hydroxylation sites is 1. The Morgan fingerprint density at radius 3 is 2.47 bits per heavy atom. The van der Waals surface area contributed by atoms with Crippen molar-refractivity contribution in [1.82, 2.24) is 20.9 Å². The van der Waals surface area contributed by atoms with Gasteiger partial charge in [-0.1, -0.05) is 48.5 Å². The van der Waals surface area contributed by atoms with Crippen LogP contribution in [-0.2, 0) is 11.3 Å². The first kappa shape index (κ1) is 23.6. The first-order chi connectivity index (χ1) is 15.7. The van der Waals surface area contributed by atoms with Gasteiger partial charge in [-0.25, -0.2) is 0 Å². The molecule has 1 aliphatic rings. The zero-order chi connectivity index (χ0) is 22.6. The summed E-state index contributed by atoms with van der Waals surface area (Å²) >= 11 is 0. The average Bonchev–Trinajstić information content (AvgIpc) is 3.37. The number of methoxy groups -OCH3 is 1. The van der Waals surface area contributed by atoms with Crippen LogP contribution in [0.1, 0.15) is 36.4 Å². The summed E-state index contributed by atoms with van der Waals surface area (Å²) in [5.41, 5.74) is 2.27. The van der Waals surface area contributed by atoms with E-state index in [0.29, 0.717) is 32.0 Å². The van der Waals surface area contributed by atoms with Gasteiger partial charge in [-0.05, 0) is 37.6 Å². The van der Waals surface area contributed by atoms with Crippen LogP contribution in [0.4, 0.5) is 0 Å². The van der Waals surface area contributed by atoms with E-state index < -0.39 is 0 Å². The van der Waals surface area contributed by atoms with Crippen LogP contribution < -0.4 is 20.7 Å². The van der Waals surface area contributed by atoms with Crippen LogP contribution in [0.15, 0.2) is 59.6 Å². The molecule has 1 saturated heterocycles. The van der Waals surface area contributed by atoms with E-state index in [9.17, 15) is 4.79 Å². The maximum atomic E-state index is 12.1. The fourth-order valence-corrected chi connectivity index (χ4v) is 4.02. The minimum Gasteiger partial charge on any atom is -0.496 e. The van der Waals surface area contributed by atoms with E-state index in [0.717, 1.165) is 24.4 Å². The van der Waals surface area contributed by atoms with Crippen molar-refractivity contribution in [2.45, 2.75) is 31.8 Å². The molecule has 0 saturated carbocycles. The van der Waals surface area contributed by atoms with Gasteiger partial charge >= 0.3 is 0 Å². The summed E-state index contributed by atoms with van der Waals surface area (Å²) in [5, 5.41) is 9.64. The molecule has 2 aromatic rings. The second kappa shape index (κ2) is 12.7. The number of hydrogen-bond acceptors (Lipinski definition) is 4. The van der Waals surface area contributed by atoms with Gasteiger partial charge in [-0.2, -0.15) is 0 Å². The second-order valence-electron chi connectivity index (χ2n) is 7.89. The van der Waals surface area contributed by atoms with E-state index in [4.69, 9.17) is 4.74 Å². The highest BCUT2D eigenvalue weighted by atomic mass is 16.5.